The van der Waals surface area contributed by atoms with Crippen LogP contribution >= 0.6 is 23.2 Å². The lowest BCUT2D eigenvalue weighted by atomic mass is 9.79. The SMILES string of the molecule is Cc1nc2c(F)c(-c3cccc(Cl)c3Cl)c(CCC#N)cc2c2c1cc([C@H]1C[C@H](Oc3ccn(CC(F)(F)F)n3)CN1C(=O)C1CC1)n2[C@H]1[C@H]2CN[C@@H]1C2. The van der Waals surface area contributed by atoms with Crippen molar-refractivity contribution < 1.29 is 27.1 Å². The van der Waals surface area contributed by atoms with Gasteiger partial charge >= 0.3 is 6.18 Å². The number of ether oxygens (including phenoxy) is 1. The topological polar surface area (TPSA) is 101 Å². The number of alkyl halides is 3. The lowest BCUT2D eigenvalue weighted by Gasteiger charge is -2.39. The van der Waals surface area contributed by atoms with Crippen molar-refractivity contribution in [2.75, 3.05) is 13.1 Å². The Morgan fingerprint density at radius 1 is 1.15 bits per heavy atom. The summed E-state index contributed by atoms with van der Waals surface area (Å²) in [6.07, 6.45) is -0.325. The Morgan fingerprint density at radius 3 is 2.67 bits per heavy atom. The molecule has 5 aliphatic rings. The number of aromatic nitrogens is 4. The molecule has 3 aliphatic heterocycles. The molecular weight excluding hydrogens is 745 g/mol. The van der Waals surface area contributed by atoms with Gasteiger partial charge in [-0.05, 0) is 62.3 Å². The maximum Gasteiger partial charge on any atom is 0.408 e. The minimum Gasteiger partial charge on any atom is -0.471 e. The molecule has 1 amide bonds. The van der Waals surface area contributed by atoms with Gasteiger partial charge in [0.2, 0.25) is 11.8 Å². The highest BCUT2D eigenvalue weighted by Crippen LogP contribution is 2.51. The fourth-order valence-corrected chi connectivity index (χ4v) is 9.31. The van der Waals surface area contributed by atoms with E-state index in [1.54, 1.807) is 18.2 Å². The molecule has 0 unspecified atom stereocenters. The highest BCUT2D eigenvalue weighted by atomic mass is 35.5. The molecule has 2 aromatic carbocycles. The first kappa shape index (κ1) is 35.3. The Kier molecular flexibility index (Phi) is 8.59. The third-order valence-electron chi connectivity index (χ3n) is 11.5. The van der Waals surface area contributed by atoms with Crippen molar-refractivity contribution >= 4 is 50.9 Å². The number of pyridine rings is 1. The van der Waals surface area contributed by atoms with Crippen LogP contribution in [0.15, 0.2) is 42.6 Å². The van der Waals surface area contributed by atoms with Gasteiger partial charge in [-0.1, -0.05) is 35.3 Å². The molecule has 9 nitrogen and oxygen atoms in total. The number of nitrogens with one attached hydrogen (secondary N) is 1. The summed E-state index contributed by atoms with van der Waals surface area (Å²) in [5.41, 5.74) is 3.76. The number of hydrogen-bond donors (Lipinski definition) is 1. The van der Waals surface area contributed by atoms with E-state index in [2.05, 4.69) is 27.1 Å². The number of carbonyl (C=O) groups is 1. The van der Waals surface area contributed by atoms with Crippen LogP contribution in [0.25, 0.3) is 32.9 Å². The van der Waals surface area contributed by atoms with E-state index in [9.17, 15) is 23.2 Å². The lowest BCUT2D eigenvalue weighted by molar-refractivity contribution is -0.142. The van der Waals surface area contributed by atoms with Crippen LogP contribution in [0.1, 0.15) is 61.1 Å². The van der Waals surface area contributed by atoms with Gasteiger partial charge < -0.3 is 19.5 Å². The Bertz CT molecular complexity index is 2370. The molecule has 0 spiro atoms. The quantitative estimate of drug-likeness (QED) is 0.151. The molecule has 1 N–H and O–H groups in total. The van der Waals surface area contributed by atoms with Crippen molar-refractivity contribution in [3.05, 3.63) is 75.4 Å². The van der Waals surface area contributed by atoms with Gasteiger partial charge in [-0.15, -0.1) is 5.10 Å². The molecule has 6 heterocycles. The van der Waals surface area contributed by atoms with Crippen LogP contribution in [0.4, 0.5) is 17.6 Å². The predicted molar refractivity (Wildman–Crippen MR) is 195 cm³/mol. The normalized spacial score (nSPS) is 23.7. The van der Waals surface area contributed by atoms with Crippen LogP contribution in [0, 0.1) is 35.9 Å². The van der Waals surface area contributed by atoms with Crippen LogP contribution in [-0.2, 0) is 17.8 Å². The third kappa shape index (κ3) is 5.97. The number of amides is 1. The number of fused-ring (bicyclic) bond motifs is 4. The van der Waals surface area contributed by atoms with E-state index in [0.29, 0.717) is 34.5 Å². The first-order valence-corrected chi connectivity index (χ1v) is 18.9. The molecule has 2 bridgehead atoms. The number of likely N-dealkylation sites (tertiary alicyclic amines) is 1. The van der Waals surface area contributed by atoms with Crippen molar-refractivity contribution in [1.82, 2.24) is 29.5 Å². The zero-order chi connectivity index (χ0) is 37.6. The average Bonchev–Trinajstić information content (AvgIpc) is 3.55. The number of nitriles is 1. The number of carbonyl (C=O) groups excluding carboxylic acids is 1. The van der Waals surface area contributed by atoms with Crippen LogP contribution in [0.3, 0.4) is 0 Å². The minimum atomic E-state index is -4.43. The molecule has 5 fully saturated rings. The third-order valence-corrected chi connectivity index (χ3v) is 12.3. The summed E-state index contributed by atoms with van der Waals surface area (Å²) in [5.74, 6) is -0.239. The van der Waals surface area contributed by atoms with E-state index in [-0.39, 0.29) is 70.3 Å². The number of nitrogens with zero attached hydrogens (tertiary/aromatic N) is 6. The Hall–Kier alpha value is -4.38. The summed E-state index contributed by atoms with van der Waals surface area (Å²) in [7, 11) is 0. The first-order valence-electron chi connectivity index (χ1n) is 18.2. The van der Waals surface area contributed by atoms with Crippen molar-refractivity contribution in [2.24, 2.45) is 11.8 Å². The molecule has 15 heteroatoms. The molecule has 5 atom stereocenters. The average molecular weight is 781 g/mol. The second kappa shape index (κ2) is 13.1. The Labute approximate surface area is 317 Å². The molecule has 280 valence electrons. The molecular formula is C39H35Cl2F4N7O2. The van der Waals surface area contributed by atoms with Crippen LogP contribution in [0.5, 0.6) is 5.88 Å². The van der Waals surface area contributed by atoms with Crippen LogP contribution in [0.2, 0.25) is 10.0 Å². The minimum absolute atomic E-state index is 0.0211. The summed E-state index contributed by atoms with van der Waals surface area (Å²) >= 11 is 13.1. The Morgan fingerprint density at radius 2 is 1.96 bits per heavy atom. The van der Waals surface area contributed by atoms with Crippen molar-refractivity contribution in [1.29, 1.82) is 5.26 Å². The monoisotopic (exact) mass is 779 g/mol. The molecule has 10 rings (SSSR count). The molecule has 3 saturated heterocycles. The van der Waals surface area contributed by atoms with Gasteiger partial charge in [-0.25, -0.2) is 9.37 Å². The van der Waals surface area contributed by atoms with Crippen molar-refractivity contribution in [3.63, 3.8) is 0 Å². The number of hydrogen-bond acceptors (Lipinski definition) is 6. The van der Waals surface area contributed by atoms with E-state index in [1.807, 2.05) is 17.9 Å². The maximum atomic E-state index is 17.2. The predicted octanol–water partition coefficient (Wildman–Crippen LogP) is 8.49. The summed E-state index contributed by atoms with van der Waals surface area (Å²) < 4.78 is 65.6. The second-order valence-corrected chi connectivity index (χ2v) is 15.8. The highest BCUT2D eigenvalue weighted by Gasteiger charge is 2.51. The summed E-state index contributed by atoms with van der Waals surface area (Å²) in [5, 5.41) is 19.1. The highest BCUT2D eigenvalue weighted by molar-refractivity contribution is 6.43. The molecule has 0 radical (unpaired) electrons. The fraction of sp³-hybridized carbons (Fsp3) is 0.436. The van der Waals surface area contributed by atoms with E-state index in [1.165, 1.54) is 12.3 Å². The fourth-order valence-electron chi connectivity index (χ4n) is 8.92. The van der Waals surface area contributed by atoms with Crippen LogP contribution < -0.4 is 10.1 Å². The van der Waals surface area contributed by atoms with Crippen molar-refractivity contribution in [3.8, 4) is 23.1 Å². The van der Waals surface area contributed by atoms with Gasteiger partial charge in [0.05, 0.1) is 40.3 Å². The summed E-state index contributed by atoms with van der Waals surface area (Å²) in [6, 6.07) is 12.4. The van der Waals surface area contributed by atoms with Crippen molar-refractivity contribution in [2.45, 2.75) is 82.4 Å². The van der Waals surface area contributed by atoms with Gasteiger partial charge in [0.1, 0.15) is 18.2 Å². The molecule has 2 aliphatic carbocycles. The first-order chi connectivity index (χ1) is 25.9. The van der Waals surface area contributed by atoms with Gasteiger partial charge in [0, 0.05) is 76.9 Å². The van der Waals surface area contributed by atoms with E-state index in [4.69, 9.17) is 32.9 Å². The number of benzene rings is 2. The zero-order valence-corrected chi connectivity index (χ0v) is 30.6. The van der Waals surface area contributed by atoms with Gasteiger partial charge in [-0.3, -0.25) is 9.48 Å². The Balaban J connectivity index is 1.21. The number of rotatable bonds is 9. The molecule has 3 aromatic heterocycles. The van der Waals surface area contributed by atoms with Gasteiger partial charge in [0.15, 0.2) is 5.82 Å². The smallest absolute Gasteiger partial charge is 0.408 e. The molecule has 2 saturated carbocycles. The number of aryl methyl sites for hydroxylation is 2. The van der Waals surface area contributed by atoms with Gasteiger partial charge in [0.25, 0.3) is 0 Å². The second-order valence-electron chi connectivity index (χ2n) is 15.0. The number of halogens is 6. The molecule has 5 aromatic rings. The largest absolute Gasteiger partial charge is 0.471 e. The van der Waals surface area contributed by atoms with Gasteiger partial charge in [-0.2, -0.15) is 18.4 Å². The maximum absolute atomic E-state index is 17.2. The molecule has 54 heavy (non-hydrogen) atoms. The van der Waals surface area contributed by atoms with Crippen LogP contribution in [-0.4, -0.2) is 61.6 Å². The zero-order valence-electron chi connectivity index (χ0n) is 29.1. The van der Waals surface area contributed by atoms with E-state index in [0.717, 1.165) is 47.1 Å². The summed E-state index contributed by atoms with van der Waals surface area (Å²) in [4.78, 5) is 20.7. The van der Waals surface area contributed by atoms with E-state index < -0.39 is 30.7 Å². The van der Waals surface area contributed by atoms with E-state index >= 15 is 4.39 Å². The summed E-state index contributed by atoms with van der Waals surface area (Å²) in [6.45, 7) is 1.70. The lowest BCUT2D eigenvalue weighted by Crippen LogP contribution is -2.41. The standard InChI is InChI=1S/C39H35Cl2F4N7O2/c1-19-25-15-30(29-14-23(17-51(29)38(53)20-7-8-20)54-31-9-11-50(49-31)18-39(43,44)45)52(36-22-13-28(36)47-16-22)37(25)26-12-21(4-3-10-46)32(34(42)35(26)48-19)24-5-2-6-27(40)33(24)41/h2,5-6,9,11-12,15,20,22-23,28-29,36,47H,3-4,7-8,13-14,16-18H2,1H3/t22-,23+,28-,29-,36+/m1/s1.